The molecule has 180 valence electrons. The summed E-state index contributed by atoms with van der Waals surface area (Å²) in [4.78, 5) is 54.2. The van der Waals surface area contributed by atoms with E-state index in [9.17, 15) is 19.2 Å². The van der Waals surface area contributed by atoms with Crippen molar-refractivity contribution in [2.24, 2.45) is 29.6 Å². The molecule has 2 saturated heterocycles. The summed E-state index contributed by atoms with van der Waals surface area (Å²) in [7, 11) is 0. The van der Waals surface area contributed by atoms with Crippen LogP contribution in [0.3, 0.4) is 0 Å². The summed E-state index contributed by atoms with van der Waals surface area (Å²) in [6.07, 6.45) is 3.12. The predicted octanol–water partition coefficient (Wildman–Crippen LogP) is 4.14. The van der Waals surface area contributed by atoms with Crippen LogP contribution >= 0.6 is 11.6 Å². The van der Waals surface area contributed by atoms with E-state index in [1.165, 1.54) is 4.90 Å². The minimum absolute atomic E-state index is 0.0598. The second-order valence-corrected chi connectivity index (χ2v) is 10.6. The quantitative estimate of drug-likeness (QED) is 0.364. The summed E-state index contributed by atoms with van der Waals surface area (Å²) < 4.78 is 5.53. The molecular weight excluding hydrogens is 468 g/mol. The van der Waals surface area contributed by atoms with E-state index >= 15 is 0 Å². The normalized spacial score (nSPS) is 29.3. The zero-order valence-electron chi connectivity index (χ0n) is 19.3. The number of nitrogens with zero attached hydrogens (tertiary/aromatic N) is 2. The molecule has 5 atom stereocenters. The maximum Gasteiger partial charge on any atom is 0.316 e. The minimum atomic E-state index is -0.598. The third-order valence-electron chi connectivity index (χ3n) is 8.17. The lowest BCUT2D eigenvalue weighted by Crippen LogP contribution is -2.32. The number of fused-ring (bicyclic) bond motifs is 5. The molecule has 2 saturated carbocycles. The lowest BCUT2D eigenvalue weighted by molar-refractivity contribution is -0.139. The van der Waals surface area contributed by atoms with Gasteiger partial charge in [0.05, 0.1) is 23.4 Å². The van der Waals surface area contributed by atoms with Crippen LogP contribution in [0.15, 0.2) is 42.5 Å². The Balaban J connectivity index is 1.12. The lowest BCUT2D eigenvalue weighted by atomic mass is 9.81. The molecule has 4 fully saturated rings. The van der Waals surface area contributed by atoms with Gasteiger partial charge in [0.15, 0.2) is 0 Å². The van der Waals surface area contributed by atoms with Crippen molar-refractivity contribution in [3.8, 4) is 5.75 Å². The van der Waals surface area contributed by atoms with Gasteiger partial charge in [-0.3, -0.25) is 24.1 Å². The number of aryl methyl sites for hydroxylation is 1. The third kappa shape index (κ3) is 3.56. The van der Waals surface area contributed by atoms with Crippen LogP contribution in [-0.4, -0.2) is 30.2 Å². The molecule has 0 unspecified atom stereocenters. The largest absolute Gasteiger partial charge is 0.426 e. The molecule has 8 heteroatoms. The number of carbonyl (C=O) groups excluding carboxylic acids is 4. The number of anilines is 2. The highest BCUT2D eigenvalue weighted by atomic mass is 35.5. The molecule has 0 radical (unpaired) electrons. The maximum atomic E-state index is 13.0. The van der Waals surface area contributed by atoms with Crippen LogP contribution in [0.2, 0.25) is 5.02 Å². The Bertz CT molecular complexity index is 1230. The van der Waals surface area contributed by atoms with Crippen LogP contribution in [0, 0.1) is 36.5 Å². The van der Waals surface area contributed by atoms with E-state index in [1.54, 1.807) is 35.2 Å². The molecule has 2 aromatic rings. The Morgan fingerprint density at radius 2 is 1.57 bits per heavy atom. The highest BCUT2D eigenvalue weighted by Gasteiger charge is 2.61. The zero-order chi connectivity index (χ0) is 24.4. The first kappa shape index (κ1) is 22.3. The van der Waals surface area contributed by atoms with Crippen molar-refractivity contribution < 1.29 is 23.9 Å². The van der Waals surface area contributed by atoms with Gasteiger partial charge >= 0.3 is 5.97 Å². The molecule has 2 heterocycles. The molecule has 2 aromatic carbocycles. The summed E-state index contributed by atoms with van der Waals surface area (Å²) in [5.74, 6) is -0.835. The predicted molar refractivity (Wildman–Crippen MR) is 129 cm³/mol. The van der Waals surface area contributed by atoms with Gasteiger partial charge in [0.1, 0.15) is 5.75 Å². The number of esters is 1. The zero-order valence-corrected chi connectivity index (χ0v) is 20.0. The molecule has 0 N–H and O–H groups in total. The van der Waals surface area contributed by atoms with Crippen molar-refractivity contribution in [1.29, 1.82) is 0 Å². The van der Waals surface area contributed by atoms with Crippen molar-refractivity contribution in [3.05, 3.63) is 53.1 Å². The van der Waals surface area contributed by atoms with Gasteiger partial charge in [-0.1, -0.05) is 17.7 Å². The number of carbonyl (C=O) groups is 4. The fourth-order valence-corrected chi connectivity index (χ4v) is 6.57. The van der Waals surface area contributed by atoms with Crippen LogP contribution in [0.1, 0.15) is 31.2 Å². The highest BCUT2D eigenvalue weighted by Crippen LogP contribution is 2.56. The molecule has 7 nitrogen and oxygen atoms in total. The first-order chi connectivity index (χ1) is 16.8. The third-order valence-corrected chi connectivity index (χ3v) is 8.57. The van der Waals surface area contributed by atoms with Gasteiger partial charge < -0.3 is 9.64 Å². The smallest absolute Gasteiger partial charge is 0.316 e. The number of rotatable bonds is 4. The topological polar surface area (TPSA) is 84.0 Å². The molecule has 3 amide bonds. The first-order valence-corrected chi connectivity index (χ1v) is 12.5. The van der Waals surface area contributed by atoms with Crippen molar-refractivity contribution in [2.75, 3.05) is 16.3 Å². The maximum absolute atomic E-state index is 13.0. The van der Waals surface area contributed by atoms with Crippen LogP contribution in [-0.2, 0) is 19.2 Å². The van der Waals surface area contributed by atoms with Gasteiger partial charge in [-0.05, 0) is 80.0 Å². The molecular formula is C27H25ClN2O5. The summed E-state index contributed by atoms with van der Waals surface area (Å²) in [6.45, 7) is 2.10. The summed E-state index contributed by atoms with van der Waals surface area (Å²) in [5.41, 5.74) is 2.07. The van der Waals surface area contributed by atoms with Gasteiger partial charge in [0, 0.05) is 23.7 Å². The Kier molecular flexibility index (Phi) is 5.22. The molecule has 35 heavy (non-hydrogen) atoms. The van der Waals surface area contributed by atoms with Gasteiger partial charge in [0.2, 0.25) is 17.7 Å². The van der Waals surface area contributed by atoms with Gasteiger partial charge in [-0.25, -0.2) is 0 Å². The monoisotopic (exact) mass is 492 g/mol. The van der Waals surface area contributed by atoms with Crippen molar-refractivity contribution in [3.63, 3.8) is 0 Å². The average Bonchev–Trinajstić information content (AvgIpc) is 3.60. The van der Waals surface area contributed by atoms with E-state index in [2.05, 4.69) is 0 Å². The standard InChI is InChI=1S/C27H25ClN2O5/c1-14-2-5-19(12-21(14)28)29-13-17(11-22(29)31)27(34)35-20-8-6-18(7-9-20)30-25(32)23-15-3-4-16(10-15)24(23)26(30)33/h2,5-9,12,15-17,23-24H,3-4,10-11,13H2,1H3/t15-,16-,17-,23-,24+/m0/s1. The summed E-state index contributed by atoms with van der Waals surface area (Å²) >= 11 is 6.19. The fourth-order valence-electron chi connectivity index (χ4n) is 6.39. The molecule has 0 aromatic heterocycles. The van der Waals surface area contributed by atoms with Gasteiger partial charge in [-0.15, -0.1) is 0 Å². The lowest BCUT2D eigenvalue weighted by Gasteiger charge is -2.19. The van der Waals surface area contributed by atoms with Crippen molar-refractivity contribution >= 4 is 46.7 Å². The fraction of sp³-hybridized carbons (Fsp3) is 0.407. The van der Waals surface area contributed by atoms with E-state index in [-0.39, 0.29) is 42.5 Å². The van der Waals surface area contributed by atoms with Crippen LogP contribution in [0.5, 0.6) is 5.75 Å². The second kappa shape index (κ2) is 8.19. The minimum Gasteiger partial charge on any atom is -0.426 e. The van der Waals surface area contributed by atoms with Crippen molar-refractivity contribution in [1.82, 2.24) is 0 Å². The first-order valence-electron chi connectivity index (χ1n) is 12.1. The van der Waals surface area contributed by atoms with Crippen molar-refractivity contribution in [2.45, 2.75) is 32.6 Å². The van der Waals surface area contributed by atoms with Crippen LogP contribution < -0.4 is 14.5 Å². The summed E-state index contributed by atoms with van der Waals surface area (Å²) in [6, 6.07) is 11.8. The second-order valence-electron chi connectivity index (χ2n) is 10.2. The van der Waals surface area contributed by atoms with E-state index < -0.39 is 11.9 Å². The molecule has 2 bridgehead atoms. The molecule has 2 aliphatic heterocycles. The Hall–Kier alpha value is -3.19. The highest BCUT2D eigenvalue weighted by molar-refractivity contribution is 6.31. The van der Waals surface area contributed by atoms with Crippen LogP contribution in [0.4, 0.5) is 11.4 Å². The number of halogens is 1. The number of amides is 3. The molecule has 6 rings (SSSR count). The molecule has 4 aliphatic rings. The van der Waals surface area contributed by atoms with E-state index in [1.807, 2.05) is 19.1 Å². The van der Waals surface area contributed by atoms with E-state index in [0.717, 1.165) is 24.8 Å². The number of imide groups is 1. The SMILES string of the molecule is Cc1ccc(N2C[C@@H](C(=O)Oc3ccc(N4C(=O)[C@@H]5[C@H]6CC[C@@H](C6)[C@@H]5C4=O)cc3)CC2=O)cc1Cl. The van der Waals surface area contributed by atoms with Gasteiger partial charge in [-0.2, -0.15) is 0 Å². The Labute approximate surface area is 208 Å². The number of hydrogen-bond acceptors (Lipinski definition) is 5. The Morgan fingerprint density at radius 3 is 2.20 bits per heavy atom. The molecule has 0 spiro atoms. The van der Waals surface area contributed by atoms with Gasteiger partial charge in [0.25, 0.3) is 0 Å². The van der Waals surface area contributed by atoms with E-state index in [0.29, 0.717) is 34.0 Å². The van der Waals surface area contributed by atoms with E-state index in [4.69, 9.17) is 16.3 Å². The summed E-state index contributed by atoms with van der Waals surface area (Å²) in [5, 5.41) is 0.563. The molecule has 2 aliphatic carbocycles. The number of hydrogen-bond donors (Lipinski definition) is 0. The average molecular weight is 493 g/mol. The number of ether oxygens (including phenoxy) is 1. The number of benzene rings is 2. The Morgan fingerprint density at radius 1 is 0.943 bits per heavy atom. The van der Waals surface area contributed by atoms with Crippen LogP contribution in [0.25, 0.3) is 0 Å².